The van der Waals surface area contributed by atoms with Gasteiger partial charge < -0.3 is 64.9 Å². The van der Waals surface area contributed by atoms with Crippen LogP contribution in [0.5, 0.6) is 0 Å². The van der Waals surface area contributed by atoms with Crippen LogP contribution in [0.1, 0.15) is 99.3 Å². The van der Waals surface area contributed by atoms with Crippen LogP contribution in [-0.4, -0.2) is 139 Å². The number of carbonyl (C=O) groups is 1. The van der Waals surface area contributed by atoms with Gasteiger partial charge in [-0.2, -0.15) is 0 Å². The molecular weight excluding hydrogens is 716 g/mol. The maximum atomic E-state index is 14.5. The van der Waals surface area contributed by atoms with Crippen molar-refractivity contribution in [3.8, 4) is 0 Å². The summed E-state index contributed by atoms with van der Waals surface area (Å²) >= 11 is 0. The van der Waals surface area contributed by atoms with Gasteiger partial charge >= 0.3 is 5.97 Å². The molecule has 0 aromatic heterocycles. The zero-order valence-electron chi connectivity index (χ0n) is 33.2. The first-order valence-electron chi connectivity index (χ1n) is 20.5. The predicted octanol–water partition coefficient (Wildman–Crippen LogP) is 0.897. The third-order valence-corrected chi connectivity index (χ3v) is 16.4. The van der Waals surface area contributed by atoms with Gasteiger partial charge in [0, 0.05) is 0 Å². The van der Waals surface area contributed by atoms with E-state index in [0.717, 1.165) is 38.5 Å². The Hall–Kier alpha value is -1.27. The summed E-state index contributed by atoms with van der Waals surface area (Å²) < 4.78 is 23.7. The number of fused-ring (bicyclic) bond motifs is 7. The normalized spacial score (nSPS) is 53.1. The average molecular weight is 783 g/mol. The van der Waals surface area contributed by atoms with Crippen molar-refractivity contribution in [1.29, 1.82) is 0 Å². The van der Waals surface area contributed by atoms with Crippen LogP contribution >= 0.6 is 0 Å². The van der Waals surface area contributed by atoms with Gasteiger partial charge in [0.1, 0.15) is 48.8 Å². The molecule has 2 heterocycles. The molecule has 14 nitrogen and oxygen atoms in total. The molecule has 0 radical (unpaired) electrons. The lowest BCUT2D eigenvalue weighted by atomic mass is 9.36. The molecule has 0 amide bonds. The van der Waals surface area contributed by atoms with Crippen LogP contribution in [0.4, 0.5) is 0 Å². The third kappa shape index (κ3) is 6.48. The van der Waals surface area contributed by atoms with Gasteiger partial charge in [-0.25, -0.2) is 0 Å². The number of allylic oxidation sites excluding steroid dienone is 2. The van der Waals surface area contributed by atoms with Crippen LogP contribution in [-0.2, 0) is 23.7 Å². The third-order valence-electron chi connectivity index (χ3n) is 16.4. The summed E-state index contributed by atoms with van der Waals surface area (Å²) in [6.45, 7) is 12.1. The summed E-state index contributed by atoms with van der Waals surface area (Å²) in [5.41, 5.74) is -0.701. The molecule has 314 valence electrons. The highest BCUT2D eigenvalue weighted by atomic mass is 16.7. The van der Waals surface area contributed by atoms with Crippen molar-refractivity contribution in [1.82, 2.24) is 0 Å². The van der Waals surface area contributed by atoms with Crippen molar-refractivity contribution in [3.05, 3.63) is 11.6 Å². The van der Waals surface area contributed by atoms with E-state index in [0.29, 0.717) is 19.3 Å². The van der Waals surface area contributed by atoms with E-state index < -0.39 is 104 Å². The molecule has 0 aromatic rings. The summed E-state index contributed by atoms with van der Waals surface area (Å²) in [6.07, 6.45) is -7.57. The van der Waals surface area contributed by atoms with Gasteiger partial charge in [0.15, 0.2) is 6.29 Å². The molecule has 14 heteroatoms. The lowest BCUT2D eigenvalue weighted by Crippen LogP contribution is -2.66. The monoisotopic (exact) mass is 782 g/mol. The number of esters is 1. The molecule has 5 aliphatic carbocycles. The molecule has 19 atom stereocenters. The van der Waals surface area contributed by atoms with E-state index in [2.05, 4.69) is 47.6 Å². The van der Waals surface area contributed by atoms with Crippen molar-refractivity contribution in [3.63, 3.8) is 0 Å². The molecular formula is C41H66O14. The van der Waals surface area contributed by atoms with Crippen molar-refractivity contribution in [2.45, 2.75) is 173 Å². The van der Waals surface area contributed by atoms with E-state index in [1.165, 1.54) is 5.57 Å². The Morgan fingerprint density at radius 1 is 0.691 bits per heavy atom. The Morgan fingerprint density at radius 3 is 1.91 bits per heavy atom. The van der Waals surface area contributed by atoms with Gasteiger partial charge in [-0.15, -0.1) is 0 Å². The van der Waals surface area contributed by atoms with E-state index in [1.807, 2.05) is 0 Å². The van der Waals surface area contributed by atoms with Gasteiger partial charge in [-0.05, 0) is 103 Å². The number of aliphatic hydroxyl groups excluding tert-OH is 9. The van der Waals surface area contributed by atoms with E-state index in [-0.39, 0.29) is 39.9 Å². The molecule has 9 N–H and O–H groups in total. The Labute approximate surface area is 323 Å². The fraction of sp³-hybridized carbons (Fsp3) is 0.927. The summed E-state index contributed by atoms with van der Waals surface area (Å²) in [5.74, 6) is -0.109. The van der Waals surface area contributed by atoms with Crippen LogP contribution in [0.3, 0.4) is 0 Å². The van der Waals surface area contributed by atoms with E-state index in [4.69, 9.17) is 18.9 Å². The Kier molecular flexibility index (Phi) is 11.0. The molecule has 0 unspecified atom stereocenters. The number of hydrogen-bond acceptors (Lipinski definition) is 14. The Morgan fingerprint density at radius 2 is 1.29 bits per heavy atom. The topological polar surface area (TPSA) is 236 Å². The maximum absolute atomic E-state index is 14.5. The lowest BCUT2D eigenvalue weighted by Gasteiger charge is -2.69. The fourth-order valence-corrected chi connectivity index (χ4v) is 13.2. The second-order valence-corrected chi connectivity index (χ2v) is 20.2. The molecule has 0 bridgehead atoms. The Balaban J connectivity index is 1.18. The minimum atomic E-state index is -1.68. The highest BCUT2D eigenvalue weighted by Gasteiger charge is 2.68. The van der Waals surface area contributed by atoms with Crippen molar-refractivity contribution < 1.29 is 69.7 Å². The predicted molar refractivity (Wildman–Crippen MR) is 194 cm³/mol. The smallest absolute Gasteiger partial charge is 0.315 e. The van der Waals surface area contributed by atoms with Gasteiger partial charge in [-0.1, -0.05) is 53.2 Å². The first-order chi connectivity index (χ1) is 25.7. The average Bonchev–Trinajstić information content (AvgIpc) is 3.13. The summed E-state index contributed by atoms with van der Waals surface area (Å²) in [4.78, 5) is 14.5. The van der Waals surface area contributed by atoms with Crippen molar-refractivity contribution in [2.75, 3.05) is 13.2 Å². The number of hydrogen-bond donors (Lipinski definition) is 9. The summed E-state index contributed by atoms with van der Waals surface area (Å²) in [7, 11) is 0. The van der Waals surface area contributed by atoms with E-state index in [1.54, 1.807) is 0 Å². The largest absolute Gasteiger partial charge is 0.432 e. The van der Waals surface area contributed by atoms with Crippen molar-refractivity contribution in [2.24, 2.45) is 50.7 Å². The zero-order valence-corrected chi connectivity index (χ0v) is 33.2. The first kappa shape index (κ1) is 41.9. The van der Waals surface area contributed by atoms with Gasteiger partial charge in [0.05, 0.1) is 30.8 Å². The molecule has 0 aromatic carbocycles. The van der Waals surface area contributed by atoms with Crippen LogP contribution in [0, 0.1) is 50.7 Å². The molecule has 2 saturated heterocycles. The molecule has 55 heavy (non-hydrogen) atoms. The van der Waals surface area contributed by atoms with Crippen molar-refractivity contribution >= 4 is 5.97 Å². The minimum Gasteiger partial charge on any atom is -0.432 e. The Bertz CT molecular complexity index is 1470. The lowest BCUT2D eigenvalue weighted by molar-refractivity contribution is -0.334. The summed E-state index contributed by atoms with van der Waals surface area (Å²) in [5, 5.41) is 94.6. The molecule has 4 saturated carbocycles. The molecule has 6 fully saturated rings. The van der Waals surface area contributed by atoms with Crippen LogP contribution < -0.4 is 0 Å². The van der Waals surface area contributed by atoms with Crippen LogP contribution in [0.25, 0.3) is 0 Å². The molecule has 7 rings (SSSR count). The second-order valence-electron chi connectivity index (χ2n) is 20.2. The maximum Gasteiger partial charge on any atom is 0.315 e. The quantitative estimate of drug-likeness (QED) is 0.104. The number of ether oxygens (including phenoxy) is 4. The van der Waals surface area contributed by atoms with Crippen LogP contribution in [0.2, 0.25) is 0 Å². The number of carbonyl (C=O) groups excluding carboxylic acids is 1. The fourth-order valence-electron chi connectivity index (χ4n) is 13.2. The number of rotatable bonds is 6. The highest BCUT2D eigenvalue weighted by Crippen LogP contribution is 2.72. The second kappa shape index (κ2) is 14.5. The molecule has 7 aliphatic rings. The van der Waals surface area contributed by atoms with Crippen LogP contribution in [0.15, 0.2) is 11.6 Å². The number of aliphatic hydroxyl groups is 9. The van der Waals surface area contributed by atoms with Gasteiger partial charge in [-0.3, -0.25) is 4.79 Å². The molecule has 2 aliphatic heterocycles. The van der Waals surface area contributed by atoms with Gasteiger partial charge in [0.25, 0.3) is 0 Å². The van der Waals surface area contributed by atoms with Gasteiger partial charge in [0.2, 0.25) is 6.29 Å². The molecule has 0 spiro atoms. The summed E-state index contributed by atoms with van der Waals surface area (Å²) in [6, 6.07) is 0. The zero-order chi connectivity index (χ0) is 40.2. The highest BCUT2D eigenvalue weighted by molar-refractivity contribution is 5.79. The SMILES string of the molecule is CC1(C)CC[C@]2(C(=O)O[C@H]3O[C@H](CO)[C@@H](O)[C@H](O)[C@H]3O)CC[C@@H]3C(=CC[C@H]4[C@@]3(C)CC[C@H]3C(C)(C)[C@@H](O)[C@H](O[C@H]5O[C@H](CO)[C@@H](O)[C@H](O)[C@H]5O)C[C@]43C)[C@@H]2C1. The van der Waals surface area contributed by atoms with E-state index in [9.17, 15) is 50.8 Å². The first-order valence-corrected chi connectivity index (χ1v) is 20.5. The minimum absolute atomic E-state index is 0.0415. The van der Waals surface area contributed by atoms with E-state index >= 15 is 0 Å². The standard InChI is InChI=1S/C41H66O14/c1-37(2)13-14-41(36(51)55-35-32(49)30(47)28(45)24(18-43)54-35)12-9-20-19(21(41)15-37)7-8-26-39(20,5)11-10-25-38(3,4)33(50)22(16-40(25,26)6)52-34-31(48)29(46)27(44)23(17-42)53-34/h7,20-35,42-50H,8-18H2,1-6H3/t20-,21+,22-,23-,24-,25+,26+,27-,28-,29+,30+,31-,32-,33+,34+,35-,39+,40+,41-/m1/s1.